The van der Waals surface area contributed by atoms with Crippen LogP contribution in [-0.2, 0) is 0 Å². The van der Waals surface area contributed by atoms with E-state index in [1.54, 1.807) is 23.7 Å². The number of carbonyl (C=O) groups excluding carboxylic acids is 1. The summed E-state index contributed by atoms with van der Waals surface area (Å²) in [7, 11) is 1.33. The average Bonchev–Trinajstić information content (AvgIpc) is 3.27. The number of amides is 2. The summed E-state index contributed by atoms with van der Waals surface area (Å²) in [5.74, 6) is 0.262. The van der Waals surface area contributed by atoms with Crippen molar-refractivity contribution in [1.29, 1.82) is 0 Å². The van der Waals surface area contributed by atoms with Gasteiger partial charge in [-0.25, -0.2) is 14.8 Å². The lowest BCUT2D eigenvalue weighted by Gasteiger charge is -2.34. The summed E-state index contributed by atoms with van der Waals surface area (Å²) in [6.07, 6.45) is -5.91. The molecule has 41 heavy (non-hydrogen) atoms. The van der Waals surface area contributed by atoms with Crippen LogP contribution in [0.2, 0.25) is 0 Å². The van der Waals surface area contributed by atoms with E-state index in [1.165, 1.54) is 14.0 Å². The zero-order chi connectivity index (χ0) is 29.9. The zero-order valence-electron chi connectivity index (χ0n) is 22.6. The number of rotatable bonds is 4. The van der Waals surface area contributed by atoms with E-state index in [-0.39, 0.29) is 42.5 Å². The van der Waals surface area contributed by atoms with Gasteiger partial charge in [-0.1, -0.05) is 0 Å². The van der Waals surface area contributed by atoms with Crippen LogP contribution in [-0.4, -0.2) is 68.9 Å². The first kappa shape index (κ1) is 30.2. The van der Waals surface area contributed by atoms with Gasteiger partial charge in [-0.15, -0.1) is 0 Å². The number of methoxy groups -OCH3 is 1. The summed E-state index contributed by atoms with van der Waals surface area (Å²) in [6.45, 7) is 2.87. The van der Waals surface area contributed by atoms with Crippen LogP contribution in [0.3, 0.4) is 0 Å². The molecular formula is C26H30F6N6O3. The number of halogens is 6. The number of aryl methyl sites for hydroxylation is 1. The Bertz CT molecular complexity index is 1380. The van der Waals surface area contributed by atoms with Gasteiger partial charge in [0.1, 0.15) is 5.75 Å². The first-order chi connectivity index (χ1) is 19.3. The average molecular weight is 589 g/mol. The molecular weight excluding hydrogens is 558 g/mol. The number of aromatic nitrogens is 4. The largest absolute Gasteiger partial charge is 0.494 e. The summed E-state index contributed by atoms with van der Waals surface area (Å²) in [5, 5.41) is 2.41. The van der Waals surface area contributed by atoms with E-state index >= 15 is 0 Å². The second-order valence-corrected chi connectivity index (χ2v) is 9.73. The summed E-state index contributed by atoms with van der Waals surface area (Å²) < 4.78 is 95.5. The van der Waals surface area contributed by atoms with Gasteiger partial charge in [0.05, 0.1) is 37.0 Å². The normalized spacial score (nSPS) is 19.1. The summed E-state index contributed by atoms with van der Waals surface area (Å²) in [6, 6.07) is -3.51. The van der Waals surface area contributed by atoms with Crippen LogP contribution in [0, 0.1) is 6.92 Å². The van der Waals surface area contributed by atoms with Gasteiger partial charge in [0, 0.05) is 37.0 Å². The number of ether oxygens (including phenoxy) is 2. The van der Waals surface area contributed by atoms with Gasteiger partial charge < -0.3 is 24.1 Å². The van der Waals surface area contributed by atoms with Crippen LogP contribution < -0.4 is 14.8 Å². The van der Waals surface area contributed by atoms with E-state index in [4.69, 9.17) is 9.47 Å². The summed E-state index contributed by atoms with van der Waals surface area (Å²) >= 11 is 0. The minimum atomic E-state index is -4.97. The number of pyridine rings is 1. The van der Waals surface area contributed by atoms with Crippen molar-refractivity contribution in [2.24, 2.45) is 0 Å². The fourth-order valence-corrected chi connectivity index (χ4v) is 4.78. The fourth-order valence-electron chi connectivity index (χ4n) is 4.78. The molecule has 1 aliphatic heterocycles. The smallest absolute Gasteiger partial charge is 0.414 e. The Kier molecular flexibility index (Phi) is 8.83. The van der Waals surface area contributed by atoms with Gasteiger partial charge in [0.25, 0.3) is 5.88 Å². The van der Waals surface area contributed by atoms with Crippen LogP contribution in [0.5, 0.6) is 11.6 Å². The van der Waals surface area contributed by atoms with Crippen LogP contribution in [0.25, 0.3) is 16.9 Å². The van der Waals surface area contributed by atoms with Gasteiger partial charge in [-0.05, 0) is 45.6 Å². The molecule has 0 fully saturated rings. The van der Waals surface area contributed by atoms with E-state index in [0.717, 1.165) is 12.3 Å². The van der Waals surface area contributed by atoms with Crippen molar-refractivity contribution < 1.29 is 40.6 Å². The van der Waals surface area contributed by atoms with E-state index < -0.39 is 49.0 Å². The number of fused-ring (bicyclic) bond motifs is 7. The molecule has 3 aromatic heterocycles. The summed E-state index contributed by atoms with van der Waals surface area (Å²) in [5.41, 5.74) is 0.904. The van der Waals surface area contributed by atoms with Crippen LogP contribution in [0.4, 0.5) is 31.1 Å². The van der Waals surface area contributed by atoms with Gasteiger partial charge in [0.15, 0.2) is 6.04 Å². The predicted molar refractivity (Wildman–Crippen MR) is 136 cm³/mol. The molecule has 1 aliphatic rings. The highest BCUT2D eigenvalue weighted by atomic mass is 19.4. The Morgan fingerprint density at radius 2 is 1.90 bits per heavy atom. The van der Waals surface area contributed by atoms with Crippen molar-refractivity contribution >= 4 is 11.7 Å². The molecule has 1 unspecified atom stereocenters. The molecule has 9 nitrogen and oxygen atoms in total. The van der Waals surface area contributed by atoms with Crippen LogP contribution in [0.15, 0.2) is 24.7 Å². The van der Waals surface area contributed by atoms with Crippen molar-refractivity contribution in [3.63, 3.8) is 0 Å². The molecule has 3 aromatic rings. The second kappa shape index (κ2) is 12.0. The lowest BCUT2D eigenvalue weighted by molar-refractivity contribution is -0.179. The number of hydrogen-bond acceptors (Lipinski definition) is 6. The molecule has 2 atom stereocenters. The number of urea groups is 1. The maximum atomic E-state index is 14.6. The molecule has 224 valence electrons. The maximum Gasteiger partial charge on any atom is 0.414 e. The van der Waals surface area contributed by atoms with Gasteiger partial charge in [-0.2, -0.15) is 26.3 Å². The predicted octanol–water partition coefficient (Wildman–Crippen LogP) is 6.02. The third kappa shape index (κ3) is 7.11. The summed E-state index contributed by atoms with van der Waals surface area (Å²) in [4.78, 5) is 26.6. The Morgan fingerprint density at radius 1 is 1.15 bits per heavy atom. The third-order valence-corrected chi connectivity index (χ3v) is 6.70. The zero-order valence-corrected chi connectivity index (χ0v) is 22.6. The van der Waals surface area contributed by atoms with E-state index in [9.17, 15) is 31.1 Å². The number of alkyl halides is 6. The second-order valence-electron chi connectivity index (χ2n) is 9.73. The first-order valence-electron chi connectivity index (χ1n) is 13.0. The molecule has 4 heterocycles. The van der Waals surface area contributed by atoms with E-state index in [0.29, 0.717) is 29.1 Å². The van der Waals surface area contributed by atoms with E-state index in [1.807, 2.05) is 0 Å². The standard InChI is InChI=1S/C26H30F6N6O3/c1-4-38-21(26(30,31)32)18-11-17(20(40-3)12-33-18)19-14-37-13-15(2)34-22(37)23(36-19)41-10-6-5-7-16(35-24(38)39)8-9-25(27,28)29/h11-14,16,21H,4-10H2,1-3H3,(H,35,39)/t16-,21?/m1/s1. The number of hydrogen-bond donors (Lipinski definition) is 1. The number of carbonyl (C=O) groups is 1. The quantitative estimate of drug-likeness (QED) is 0.375. The van der Waals surface area contributed by atoms with Crippen molar-refractivity contribution in [1.82, 2.24) is 29.6 Å². The minimum Gasteiger partial charge on any atom is -0.494 e. The Morgan fingerprint density at radius 3 is 2.56 bits per heavy atom. The highest BCUT2D eigenvalue weighted by molar-refractivity contribution is 5.75. The molecule has 4 rings (SSSR count). The lowest BCUT2D eigenvalue weighted by atomic mass is 10.0. The van der Waals surface area contributed by atoms with Gasteiger partial charge in [0.2, 0.25) is 5.65 Å². The Balaban J connectivity index is 1.86. The van der Waals surface area contributed by atoms with Crippen molar-refractivity contribution in [3.05, 3.63) is 36.0 Å². The molecule has 0 saturated heterocycles. The molecule has 0 saturated carbocycles. The van der Waals surface area contributed by atoms with E-state index in [2.05, 4.69) is 20.3 Å². The molecule has 2 amide bonds. The molecule has 0 aliphatic carbocycles. The molecule has 0 spiro atoms. The van der Waals surface area contributed by atoms with Crippen LogP contribution in [0.1, 0.15) is 56.5 Å². The molecule has 1 N–H and O–H groups in total. The maximum absolute atomic E-state index is 14.6. The molecule has 15 heteroatoms. The number of nitrogens with one attached hydrogen (secondary N) is 1. The highest BCUT2D eigenvalue weighted by Crippen LogP contribution is 2.40. The Hall–Kier alpha value is -3.78. The lowest BCUT2D eigenvalue weighted by Crippen LogP contribution is -2.50. The fraction of sp³-hybridized carbons (Fsp3) is 0.538. The molecule has 0 aromatic carbocycles. The molecule has 0 radical (unpaired) electrons. The van der Waals surface area contributed by atoms with Crippen molar-refractivity contribution in [2.75, 3.05) is 20.3 Å². The topological polar surface area (TPSA) is 93.9 Å². The van der Waals surface area contributed by atoms with Crippen molar-refractivity contribution in [3.8, 4) is 22.9 Å². The van der Waals surface area contributed by atoms with Gasteiger partial charge in [-0.3, -0.25) is 4.98 Å². The Labute approximate surface area is 231 Å². The van der Waals surface area contributed by atoms with Crippen molar-refractivity contribution in [2.45, 2.75) is 70.4 Å². The highest BCUT2D eigenvalue weighted by Gasteiger charge is 2.48. The van der Waals surface area contributed by atoms with Crippen LogP contribution >= 0.6 is 0 Å². The number of imidazole rings is 1. The van der Waals surface area contributed by atoms with Gasteiger partial charge >= 0.3 is 18.4 Å². The first-order valence-corrected chi connectivity index (χ1v) is 13.0. The minimum absolute atomic E-state index is 0.107. The third-order valence-electron chi connectivity index (χ3n) is 6.70. The molecule has 4 bridgehead atoms. The SMILES string of the molecule is CCN1C(=O)N[C@@H](CCC(F)(F)F)CCCCOc2nc(cn3cc(C)nc23)-c2cc(ncc2OC)C1C(F)(F)F. The monoisotopic (exact) mass is 588 g/mol. The number of nitrogens with zero attached hydrogens (tertiary/aromatic N) is 5.